The van der Waals surface area contributed by atoms with Crippen LogP contribution in [0.2, 0.25) is 0 Å². The Hall–Kier alpha value is -2.34. The maximum Gasteiger partial charge on any atom is 0.266 e. The second-order valence-corrected chi connectivity index (χ2v) is 4.71. The fourth-order valence-electron chi connectivity index (χ4n) is 2.10. The third-order valence-electron chi connectivity index (χ3n) is 3.21. The van der Waals surface area contributed by atoms with Crippen LogP contribution < -0.4 is 20.8 Å². The number of aromatic nitrogens is 2. The highest BCUT2D eigenvalue weighted by Crippen LogP contribution is 2.28. The molecule has 6 heteroatoms. The van der Waals surface area contributed by atoms with E-state index < -0.39 is 6.04 Å². The molecule has 0 aliphatic heterocycles. The zero-order chi connectivity index (χ0) is 15.4. The van der Waals surface area contributed by atoms with Gasteiger partial charge in [0.2, 0.25) is 0 Å². The molecule has 2 rings (SSSR count). The molecule has 6 nitrogen and oxygen atoms in total. The second-order valence-electron chi connectivity index (χ2n) is 4.71. The minimum atomic E-state index is -0.429. The van der Waals surface area contributed by atoms with Crippen molar-refractivity contribution in [2.24, 2.45) is 5.73 Å². The van der Waals surface area contributed by atoms with Crippen molar-refractivity contribution in [2.75, 3.05) is 14.2 Å². The first-order valence-electron chi connectivity index (χ1n) is 6.57. The quantitative estimate of drug-likeness (QED) is 0.896. The maximum absolute atomic E-state index is 11.8. The summed E-state index contributed by atoms with van der Waals surface area (Å²) in [5.74, 6) is 1.34. The highest BCUT2D eigenvalue weighted by atomic mass is 16.5. The number of nitrogens with two attached hydrogens (primary N) is 1. The van der Waals surface area contributed by atoms with Gasteiger partial charge < -0.3 is 15.2 Å². The van der Waals surface area contributed by atoms with Crippen LogP contribution in [0.4, 0.5) is 0 Å². The molecule has 0 fully saturated rings. The molecule has 1 aromatic heterocycles. The first-order valence-corrected chi connectivity index (χ1v) is 6.57. The maximum atomic E-state index is 11.8. The predicted molar refractivity (Wildman–Crippen MR) is 79.7 cm³/mol. The van der Waals surface area contributed by atoms with Crippen molar-refractivity contribution >= 4 is 0 Å². The molecule has 0 bridgehead atoms. The number of nitrogens with zero attached hydrogens (tertiary/aromatic N) is 2. The molecule has 1 unspecified atom stereocenters. The van der Waals surface area contributed by atoms with Gasteiger partial charge in [0.25, 0.3) is 5.56 Å². The number of aryl methyl sites for hydroxylation is 1. The zero-order valence-electron chi connectivity index (χ0n) is 12.4. The van der Waals surface area contributed by atoms with Crippen LogP contribution in [0.3, 0.4) is 0 Å². The van der Waals surface area contributed by atoms with Gasteiger partial charge in [-0.05, 0) is 31.2 Å². The lowest BCUT2D eigenvalue weighted by Crippen LogP contribution is -2.28. The Morgan fingerprint density at radius 1 is 1.24 bits per heavy atom. The van der Waals surface area contributed by atoms with E-state index in [1.807, 2.05) is 13.0 Å². The van der Waals surface area contributed by atoms with E-state index >= 15 is 0 Å². The van der Waals surface area contributed by atoms with Gasteiger partial charge in [0.05, 0.1) is 32.5 Å². The topological polar surface area (TPSA) is 79.4 Å². The minimum Gasteiger partial charge on any atom is -0.497 e. The first-order chi connectivity index (χ1) is 10.0. The Balaban J connectivity index is 2.33. The van der Waals surface area contributed by atoms with Gasteiger partial charge in [0, 0.05) is 11.6 Å². The van der Waals surface area contributed by atoms with Gasteiger partial charge in [-0.2, -0.15) is 5.10 Å². The third kappa shape index (κ3) is 3.41. The van der Waals surface area contributed by atoms with E-state index in [9.17, 15) is 4.79 Å². The number of methoxy groups -OCH3 is 2. The Morgan fingerprint density at radius 2 is 2.00 bits per heavy atom. The van der Waals surface area contributed by atoms with E-state index in [0.29, 0.717) is 11.5 Å². The molecule has 0 radical (unpaired) electrons. The van der Waals surface area contributed by atoms with Gasteiger partial charge in [-0.1, -0.05) is 0 Å². The molecule has 0 aliphatic rings. The third-order valence-corrected chi connectivity index (χ3v) is 3.21. The van der Waals surface area contributed by atoms with E-state index in [2.05, 4.69) is 5.10 Å². The lowest BCUT2D eigenvalue weighted by Gasteiger charge is -2.17. The molecule has 0 spiro atoms. The lowest BCUT2D eigenvalue weighted by molar-refractivity contribution is 0.389. The highest BCUT2D eigenvalue weighted by Gasteiger charge is 2.15. The van der Waals surface area contributed by atoms with Crippen molar-refractivity contribution < 1.29 is 9.47 Å². The predicted octanol–water partition coefficient (Wildman–Crippen LogP) is 1.27. The molecule has 0 aliphatic carbocycles. The van der Waals surface area contributed by atoms with Crippen molar-refractivity contribution in [1.82, 2.24) is 9.78 Å². The van der Waals surface area contributed by atoms with Crippen LogP contribution in [0.15, 0.2) is 35.1 Å². The molecule has 0 saturated carbocycles. The summed E-state index contributed by atoms with van der Waals surface area (Å²) in [6.45, 7) is 2.09. The monoisotopic (exact) mass is 289 g/mol. The zero-order valence-corrected chi connectivity index (χ0v) is 12.4. The summed E-state index contributed by atoms with van der Waals surface area (Å²) in [5.41, 5.74) is 7.56. The van der Waals surface area contributed by atoms with Crippen LogP contribution in [0.25, 0.3) is 0 Å². The Labute approximate surface area is 123 Å². The lowest BCUT2D eigenvalue weighted by atomic mass is 10.1. The summed E-state index contributed by atoms with van der Waals surface area (Å²) in [5, 5.41) is 4.19. The summed E-state index contributed by atoms with van der Waals surface area (Å²) in [6, 6.07) is 8.13. The van der Waals surface area contributed by atoms with Crippen LogP contribution in [0.1, 0.15) is 17.3 Å². The summed E-state index contributed by atoms with van der Waals surface area (Å²) in [7, 11) is 3.17. The molecular formula is C15H19N3O3. The van der Waals surface area contributed by atoms with E-state index in [0.717, 1.165) is 11.3 Å². The molecule has 2 N–H and O–H groups in total. The number of hydrogen-bond donors (Lipinski definition) is 1. The van der Waals surface area contributed by atoms with Crippen molar-refractivity contribution in [3.8, 4) is 11.5 Å². The number of hydrogen-bond acceptors (Lipinski definition) is 5. The van der Waals surface area contributed by atoms with Gasteiger partial charge >= 0.3 is 0 Å². The summed E-state index contributed by atoms with van der Waals surface area (Å²) in [4.78, 5) is 11.8. The van der Waals surface area contributed by atoms with E-state index in [-0.39, 0.29) is 12.1 Å². The van der Waals surface area contributed by atoms with Crippen LogP contribution in [-0.4, -0.2) is 24.0 Å². The van der Waals surface area contributed by atoms with Crippen molar-refractivity contribution in [3.63, 3.8) is 0 Å². The average Bonchev–Trinajstić information content (AvgIpc) is 2.50. The minimum absolute atomic E-state index is 0.182. The molecule has 1 aromatic carbocycles. The number of rotatable bonds is 5. The normalized spacial score (nSPS) is 12.0. The number of benzene rings is 1. The van der Waals surface area contributed by atoms with Gasteiger partial charge in [-0.25, -0.2) is 4.68 Å². The fraction of sp³-hybridized carbons (Fsp3) is 0.333. The summed E-state index contributed by atoms with van der Waals surface area (Å²) < 4.78 is 11.9. The van der Waals surface area contributed by atoms with Gasteiger partial charge in [0.15, 0.2) is 0 Å². The summed E-state index contributed by atoms with van der Waals surface area (Å²) >= 11 is 0. The van der Waals surface area contributed by atoms with Crippen molar-refractivity contribution in [1.29, 1.82) is 0 Å². The van der Waals surface area contributed by atoms with E-state index in [1.54, 1.807) is 32.4 Å². The first kappa shape index (κ1) is 15.1. The molecule has 1 atom stereocenters. The number of ether oxygens (including phenoxy) is 2. The van der Waals surface area contributed by atoms with Gasteiger partial charge in [0.1, 0.15) is 11.5 Å². The molecule has 0 amide bonds. The molecule has 21 heavy (non-hydrogen) atoms. The van der Waals surface area contributed by atoms with Gasteiger partial charge in [-0.15, -0.1) is 0 Å². The average molecular weight is 289 g/mol. The molecule has 0 saturated heterocycles. The molecular weight excluding hydrogens is 270 g/mol. The Bertz CT molecular complexity index is 682. The van der Waals surface area contributed by atoms with Crippen molar-refractivity contribution in [2.45, 2.75) is 19.5 Å². The molecule has 112 valence electrons. The van der Waals surface area contributed by atoms with Crippen LogP contribution in [0.5, 0.6) is 11.5 Å². The van der Waals surface area contributed by atoms with E-state index in [1.165, 1.54) is 10.7 Å². The largest absolute Gasteiger partial charge is 0.497 e. The molecule has 2 aromatic rings. The van der Waals surface area contributed by atoms with Gasteiger partial charge in [-0.3, -0.25) is 4.79 Å². The fourth-order valence-corrected chi connectivity index (χ4v) is 2.10. The smallest absolute Gasteiger partial charge is 0.266 e. The second kappa shape index (κ2) is 6.41. The standard InChI is InChI=1S/C15H19N3O3/c1-10-4-7-15(19)18(17-10)9-13(16)12-8-11(20-2)5-6-14(12)21-3/h4-8,13H,9,16H2,1-3H3. The van der Waals surface area contributed by atoms with Crippen LogP contribution >= 0.6 is 0 Å². The SMILES string of the molecule is COc1ccc(OC)c(C(N)Cn2nc(C)ccc2=O)c1. The summed E-state index contributed by atoms with van der Waals surface area (Å²) in [6.07, 6.45) is 0. The molecule has 1 heterocycles. The Kier molecular flexibility index (Phi) is 4.59. The van der Waals surface area contributed by atoms with E-state index in [4.69, 9.17) is 15.2 Å². The highest BCUT2D eigenvalue weighted by molar-refractivity contribution is 5.42. The van der Waals surface area contributed by atoms with Crippen molar-refractivity contribution in [3.05, 3.63) is 51.9 Å². The van der Waals surface area contributed by atoms with Crippen LogP contribution in [-0.2, 0) is 6.54 Å². The Morgan fingerprint density at radius 3 is 2.67 bits per heavy atom. The van der Waals surface area contributed by atoms with Crippen LogP contribution in [0, 0.1) is 6.92 Å².